The molecule has 0 N–H and O–H groups in total. The quantitative estimate of drug-likeness (QED) is 0.410. The van der Waals surface area contributed by atoms with Gasteiger partial charge in [0.25, 0.3) is 5.69 Å². The lowest BCUT2D eigenvalue weighted by atomic mass is 10.3. The number of nitro groups is 1. The van der Waals surface area contributed by atoms with Crippen LogP contribution >= 0.6 is 0 Å². The predicted molar refractivity (Wildman–Crippen MR) is 54.5 cm³/mol. The number of hydrogen-bond acceptors (Lipinski definition) is 4. The molecule has 0 spiro atoms. The van der Waals surface area contributed by atoms with Crippen LogP contribution in [0.2, 0.25) is 0 Å². The van der Waals surface area contributed by atoms with Crippen LogP contribution in [-0.2, 0) is 4.74 Å². The van der Waals surface area contributed by atoms with Gasteiger partial charge in [-0.05, 0) is 12.1 Å². The number of hydrogen-bond donors (Lipinski definition) is 0. The third kappa shape index (κ3) is 3.95. The predicted octanol–water partition coefficient (Wildman–Crippen LogP) is 2.17. The molecule has 0 aliphatic heterocycles. The third-order valence-corrected chi connectivity index (χ3v) is 1.71. The van der Waals surface area contributed by atoms with E-state index in [1.165, 1.54) is 12.1 Å². The van der Waals surface area contributed by atoms with Crippen molar-refractivity contribution >= 4 is 5.69 Å². The molecule has 5 nitrogen and oxygen atoms in total. The lowest BCUT2D eigenvalue weighted by Gasteiger charge is -2.03. The maximum atomic E-state index is 10.4. The van der Waals surface area contributed by atoms with Crippen molar-refractivity contribution < 1.29 is 14.4 Å². The van der Waals surface area contributed by atoms with Gasteiger partial charge in [-0.3, -0.25) is 10.1 Å². The Morgan fingerprint density at radius 3 is 2.60 bits per heavy atom. The van der Waals surface area contributed by atoms with E-state index in [4.69, 9.17) is 9.47 Å². The number of nitro benzene ring substituents is 1. The maximum absolute atomic E-state index is 10.4. The van der Waals surface area contributed by atoms with Gasteiger partial charge in [0.2, 0.25) is 0 Å². The zero-order chi connectivity index (χ0) is 11.1. The summed E-state index contributed by atoms with van der Waals surface area (Å²) in [6, 6.07) is 5.92. The van der Waals surface area contributed by atoms with Crippen molar-refractivity contribution in [3.63, 3.8) is 0 Å². The molecule has 0 fully saturated rings. The Labute approximate surface area is 87.8 Å². The van der Waals surface area contributed by atoms with Crippen LogP contribution < -0.4 is 4.74 Å². The Bertz CT molecular complexity index is 310. The van der Waals surface area contributed by atoms with Crippen molar-refractivity contribution in [3.05, 3.63) is 41.0 Å². The molecule has 0 amide bonds. The second kappa shape index (κ2) is 5.98. The largest absolute Gasteiger partial charge is 0.486 e. The number of benzene rings is 1. The summed E-state index contributed by atoms with van der Waals surface area (Å²) >= 11 is 0. The van der Waals surface area contributed by atoms with Gasteiger partial charge in [0, 0.05) is 32.3 Å². The van der Waals surface area contributed by atoms with Crippen LogP contribution in [0.25, 0.3) is 0 Å². The molecule has 1 rings (SSSR count). The molecule has 5 heteroatoms. The van der Waals surface area contributed by atoms with Crippen molar-refractivity contribution in [2.24, 2.45) is 0 Å². The molecule has 15 heavy (non-hydrogen) atoms. The van der Waals surface area contributed by atoms with Gasteiger partial charge in [-0.2, -0.15) is 0 Å². The number of nitrogens with zero attached hydrogens (tertiary/aromatic N) is 1. The first kappa shape index (κ1) is 11.5. The van der Waals surface area contributed by atoms with Gasteiger partial charge in [-0.15, -0.1) is 0 Å². The molecule has 0 aliphatic carbocycles. The van der Waals surface area contributed by atoms with Gasteiger partial charge in [0.1, 0.15) is 12.4 Å². The topological polar surface area (TPSA) is 61.6 Å². The Kier molecular flexibility index (Phi) is 4.56. The van der Waals surface area contributed by atoms with E-state index >= 15 is 0 Å². The van der Waals surface area contributed by atoms with Crippen LogP contribution in [0.3, 0.4) is 0 Å². The van der Waals surface area contributed by atoms with E-state index in [1.807, 2.05) is 0 Å². The highest BCUT2D eigenvalue weighted by atomic mass is 16.6. The van der Waals surface area contributed by atoms with Gasteiger partial charge in [-0.1, -0.05) is 0 Å². The number of methoxy groups -OCH3 is 1. The molecule has 0 atom stereocenters. The second-order valence-electron chi connectivity index (χ2n) is 2.82. The molecule has 0 heterocycles. The Morgan fingerprint density at radius 2 is 2.07 bits per heavy atom. The summed E-state index contributed by atoms with van der Waals surface area (Å²) in [6.45, 7) is 2.19. The van der Waals surface area contributed by atoms with Gasteiger partial charge < -0.3 is 9.47 Å². The first-order valence-electron chi connectivity index (χ1n) is 4.46. The average molecular weight is 210 g/mol. The minimum atomic E-state index is -0.446. The van der Waals surface area contributed by atoms with Gasteiger partial charge in [-0.25, -0.2) is 0 Å². The molecule has 0 aromatic heterocycles. The fourth-order valence-corrected chi connectivity index (χ4v) is 0.968. The lowest BCUT2D eigenvalue weighted by molar-refractivity contribution is -0.384. The van der Waals surface area contributed by atoms with Crippen LogP contribution in [0, 0.1) is 16.7 Å². The number of rotatable bonds is 6. The van der Waals surface area contributed by atoms with Crippen molar-refractivity contribution in [1.82, 2.24) is 0 Å². The standard InChI is InChI=1S/C10H12NO4/c1-14-7-2-8-15-10-5-3-9(4-6-10)11(12)13/h3-6,8H,2,7H2,1H3. The summed E-state index contributed by atoms with van der Waals surface area (Å²) in [4.78, 5) is 9.91. The smallest absolute Gasteiger partial charge is 0.269 e. The van der Waals surface area contributed by atoms with Crippen molar-refractivity contribution in [1.29, 1.82) is 0 Å². The molecule has 0 bridgehead atoms. The van der Waals surface area contributed by atoms with E-state index in [2.05, 4.69) is 0 Å². The summed E-state index contributed by atoms with van der Waals surface area (Å²) in [5.41, 5.74) is 0.0549. The lowest BCUT2D eigenvalue weighted by Crippen LogP contribution is -1.95. The molecule has 0 unspecified atom stereocenters. The molecule has 1 aromatic carbocycles. The van der Waals surface area contributed by atoms with E-state index in [9.17, 15) is 10.1 Å². The monoisotopic (exact) mass is 210 g/mol. The zero-order valence-corrected chi connectivity index (χ0v) is 8.38. The zero-order valence-electron chi connectivity index (χ0n) is 8.38. The summed E-state index contributed by atoms with van der Waals surface area (Å²) < 4.78 is 10.0. The first-order valence-corrected chi connectivity index (χ1v) is 4.46. The number of ether oxygens (including phenoxy) is 2. The van der Waals surface area contributed by atoms with Crippen LogP contribution in [0.15, 0.2) is 24.3 Å². The van der Waals surface area contributed by atoms with Gasteiger partial charge in [0.15, 0.2) is 0 Å². The SMILES string of the molecule is COCC[CH]Oc1ccc([N+](=O)[O-])cc1. The summed E-state index contributed by atoms with van der Waals surface area (Å²) in [5.74, 6) is 0.580. The normalized spacial score (nSPS) is 9.93. The molecular formula is C10H12NO4. The molecule has 1 radical (unpaired) electrons. The Balaban J connectivity index is 2.39. The van der Waals surface area contributed by atoms with E-state index in [0.29, 0.717) is 18.8 Å². The van der Waals surface area contributed by atoms with Gasteiger partial charge in [0.05, 0.1) is 4.92 Å². The Hall–Kier alpha value is -1.62. The van der Waals surface area contributed by atoms with Crippen molar-refractivity contribution in [3.8, 4) is 5.75 Å². The first-order chi connectivity index (χ1) is 7.24. The summed E-state index contributed by atoms with van der Waals surface area (Å²) in [7, 11) is 1.61. The Morgan fingerprint density at radius 1 is 1.40 bits per heavy atom. The van der Waals surface area contributed by atoms with E-state index in [-0.39, 0.29) is 5.69 Å². The molecule has 0 aliphatic rings. The van der Waals surface area contributed by atoms with Crippen molar-refractivity contribution in [2.75, 3.05) is 13.7 Å². The molecule has 81 valence electrons. The minimum Gasteiger partial charge on any atom is -0.486 e. The van der Waals surface area contributed by atoms with Crippen molar-refractivity contribution in [2.45, 2.75) is 6.42 Å². The fraction of sp³-hybridized carbons (Fsp3) is 0.300. The van der Waals surface area contributed by atoms with E-state index in [0.717, 1.165) is 0 Å². The second-order valence-corrected chi connectivity index (χ2v) is 2.82. The van der Waals surface area contributed by atoms with E-state index in [1.54, 1.807) is 25.8 Å². The molecule has 1 aromatic rings. The number of non-ortho nitro benzene ring substituents is 1. The highest BCUT2D eigenvalue weighted by Gasteiger charge is 2.03. The fourth-order valence-electron chi connectivity index (χ4n) is 0.968. The van der Waals surface area contributed by atoms with Crippen LogP contribution in [0.5, 0.6) is 5.75 Å². The average Bonchev–Trinajstić information content (AvgIpc) is 2.25. The van der Waals surface area contributed by atoms with E-state index < -0.39 is 4.92 Å². The van der Waals surface area contributed by atoms with Crippen LogP contribution in [0.4, 0.5) is 5.69 Å². The highest BCUT2D eigenvalue weighted by molar-refractivity contribution is 5.36. The molecule has 0 saturated heterocycles. The molecular weight excluding hydrogens is 198 g/mol. The van der Waals surface area contributed by atoms with Crippen LogP contribution in [0.1, 0.15) is 6.42 Å². The van der Waals surface area contributed by atoms with Gasteiger partial charge >= 0.3 is 0 Å². The van der Waals surface area contributed by atoms with Crippen LogP contribution in [-0.4, -0.2) is 18.6 Å². The maximum Gasteiger partial charge on any atom is 0.269 e. The minimum absolute atomic E-state index is 0.0549. The summed E-state index contributed by atoms with van der Waals surface area (Å²) in [6.07, 6.45) is 0.674. The highest BCUT2D eigenvalue weighted by Crippen LogP contribution is 2.17. The molecule has 0 saturated carbocycles. The summed E-state index contributed by atoms with van der Waals surface area (Å²) in [5, 5.41) is 10.4. The third-order valence-electron chi connectivity index (χ3n) is 1.71.